The third-order valence-electron chi connectivity index (χ3n) is 1.71. The standard InChI is InChI=1S/C9H4BrN3S/c10-7-3-1-6(2-4-7)9-8(5-11)12-14-13-9/h1-4H. The Kier molecular flexibility index (Phi) is 2.57. The van der Waals surface area contributed by atoms with Crippen LogP contribution in [0.4, 0.5) is 0 Å². The number of nitriles is 1. The summed E-state index contributed by atoms with van der Waals surface area (Å²) in [6, 6.07) is 9.65. The van der Waals surface area contributed by atoms with Crippen LogP contribution >= 0.6 is 27.7 Å². The molecule has 0 aliphatic rings. The second-order valence-electron chi connectivity index (χ2n) is 2.58. The minimum Gasteiger partial charge on any atom is -0.191 e. The number of rotatable bonds is 1. The molecule has 0 fully saturated rings. The number of aromatic nitrogens is 2. The van der Waals surface area contributed by atoms with Crippen LogP contribution in [0.15, 0.2) is 28.7 Å². The number of halogens is 1. The molecule has 0 radical (unpaired) electrons. The quantitative estimate of drug-likeness (QED) is 0.797. The minimum absolute atomic E-state index is 0.386. The normalized spacial score (nSPS) is 9.71. The average Bonchev–Trinajstić information content (AvgIpc) is 2.67. The monoisotopic (exact) mass is 265 g/mol. The maximum Gasteiger partial charge on any atom is 0.182 e. The van der Waals surface area contributed by atoms with Crippen LogP contribution in [0.2, 0.25) is 0 Å². The Morgan fingerprint density at radius 3 is 2.57 bits per heavy atom. The van der Waals surface area contributed by atoms with Crippen LogP contribution in [-0.4, -0.2) is 8.75 Å². The van der Waals surface area contributed by atoms with Crippen LogP contribution in [0.1, 0.15) is 5.69 Å². The molecule has 2 aromatic rings. The molecule has 0 saturated heterocycles. The lowest BCUT2D eigenvalue weighted by Gasteiger charge is -1.95. The van der Waals surface area contributed by atoms with E-state index >= 15 is 0 Å². The van der Waals surface area contributed by atoms with E-state index in [0.717, 1.165) is 21.8 Å². The molecule has 1 aromatic heterocycles. The molecular formula is C9H4BrN3S. The molecule has 0 N–H and O–H groups in total. The van der Waals surface area contributed by atoms with E-state index in [0.29, 0.717) is 11.4 Å². The fourth-order valence-electron chi connectivity index (χ4n) is 1.06. The van der Waals surface area contributed by atoms with Gasteiger partial charge in [0.05, 0.1) is 11.7 Å². The van der Waals surface area contributed by atoms with E-state index in [-0.39, 0.29) is 0 Å². The van der Waals surface area contributed by atoms with Crippen molar-refractivity contribution in [2.75, 3.05) is 0 Å². The molecule has 0 saturated carbocycles. The van der Waals surface area contributed by atoms with Crippen LogP contribution in [0, 0.1) is 11.3 Å². The van der Waals surface area contributed by atoms with Crippen LogP contribution in [0.3, 0.4) is 0 Å². The molecule has 1 aromatic carbocycles. The zero-order chi connectivity index (χ0) is 9.97. The van der Waals surface area contributed by atoms with Gasteiger partial charge in [0.1, 0.15) is 11.8 Å². The van der Waals surface area contributed by atoms with Gasteiger partial charge < -0.3 is 0 Å². The number of hydrogen-bond donors (Lipinski definition) is 0. The van der Waals surface area contributed by atoms with Gasteiger partial charge in [0.25, 0.3) is 0 Å². The molecule has 0 spiro atoms. The zero-order valence-corrected chi connectivity index (χ0v) is 9.34. The van der Waals surface area contributed by atoms with E-state index in [9.17, 15) is 0 Å². The van der Waals surface area contributed by atoms with Gasteiger partial charge in [0.2, 0.25) is 0 Å². The van der Waals surface area contributed by atoms with E-state index in [4.69, 9.17) is 5.26 Å². The van der Waals surface area contributed by atoms with Crippen LogP contribution in [0.25, 0.3) is 11.3 Å². The van der Waals surface area contributed by atoms with Gasteiger partial charge in [-0.05, 0) is 12.1 Å². The molecule has 14 heavy (non-hydrogen) atoms. The maximum atomic E-state index is 8.77. The van der Waals surface area contributed by atoms with Crippen molar-refractivity contribution in [3.8, 4) is 17.3 Å². The van der Waals surface area contributed by atoms with Crippen molar-refractivity contribution in [1.82, 2.24) is 8.75 Å². The first-order valence-electron chi connectivity index (χ1n) is 3.80. The van der Waals surface area contributed by atoms with Crippen LogP contribution in [0.5, 0.6) is 0 Å². The number of benzene rings is 1. The van der Waals surface area contributed by atoms with Crippen molar-refractivity contribution >= 4 is 27.7 Å². The van der Waals surface area contributed by atoms with E-state index < -0.39 is 0 Å². The largest absolute Gasteiger partial charge is 0.191 e. The Balaban J connectivity index is 2.50. The second kappa shape index (κ2) is 3.86. The zero-order valence-electron chi connectivity index (χ0n) is 6.94. The lowest BCUT2D eigenvalue weighted by atomic mass is 10.1. The van der Waals surface area contributed by atoms with Gasteiger partial charge in [-0.2, -0.15) is 14.0 Å². The Morgan fingerprint density at radius 1 is 1.21 bits per heavy atom. The molecule has 0 unspecified atom stereocenters. The molecule has 2 rings (SSSR count). The smallest absolute Gasteiger partial charge is 0.182 e. The van der Waals surface area contributed by atoms with Crippen molar-refractivity contribution in [3.63, 3.8) is 0 Å². The maximum absolute atomic E-state index is 8.77. The number of nitrogens with zero attached hydrogens (tertiary/aromatic N) is 3. The lowest BCUT2D eigenvalue weighted by Crippen LogP contribution is -1.81. The van der Waals surface area contributed by atoms with Gasteiger partial charge in [-0.25, -0.2) is 0 Å². The van der Waals surface area contributed by atoms with Gasteiger partial charge in [-0.15, -0.1) is 0 Å². The first-order chi connectivity index (χ1) is 6.81. The van der Waals surface area contributed by atoms with Crippen molar-refractivity contribution in [3.05, 3.63) is 34.4 Å². The predicted molar refractivity (Wildman–Crippen MR) is 57.8 cm³/mol. The summed E-state index contributed by atoms with van der Waals surface area (Å²) in [5, 5.41) is 8.77. The van der Waals surface area contributed by atoms with Gasteiger partial charge in [0.15, 0.2) is 5.69 Å². The Hall–Kier alpha value is -1.25. The summed E-state index contributed by atoms with van der Waals surface area (Å²) in [4.78, 5) is 0. The molecule has 5 heteroatoms. The average molecular weight is 266 g/mol. The Labute approximate surface area is 93.5 Å². The Bertz CT molecular complexity index is 484. The van der Waals surface area contributed by atoms with Gasteiger partial charge in [-0.3, -0.25) is 0 Å². The van der Waals surface area contributed by atoms with E-state index in [2.05, 4.69) is 24.7 Å². The highest BCUT2D eigenvalue weighted by Gasteiger charge is 2.08. The van der Waals surface area contributed by atoms with Crippen molar-refractivity contribution in [2.24, 2.45) is 0 Å². The van der Waals surface area contributed by atoms with Crippen molar-refractivity contribution < 1.29 is 0 Å². The molecule has 3 nitrogen and oxygen atoms in total. The fourth-order valence-corrected chi connectivity index (χ4v) is 1.85. The van der Waals surface area contributed by atoms with Gasteiger partial charge >= 0.3 is 0 Å². The third-order valence-corrected chi connectivity index (χ3v) is 2.77. The molecule has 1 heterocycles. The second-order valence-corrected chi connectivity index (χ2v) is 4.02. The molecule has 0 aliphatic carbocycles. The van der Waals surface area contributed by atoms with Crippen molar-refractivity contribution in [2.45, 2.75) is 0 Å². The molecule has 0 bridgehead atoms. The summed E-state index contributed by atoms with van der Waals surface area (Å²) in [5.74, 6) is 0. The highest BCUT2D eigenvalue weighted by molar-refractivity contribution is 9.10. The van der Waals surface area contributed by atoms with E-state index in [1.54, 1.807) is 0 Å². The summed E-state index contributed by atoms with van der Waals surface area (Å²) in [6.07, 6.45) is 0. The predicted octanol–water partition coefficient (Wildman–Crippen LogP) is 2.84. The molecule has 0 aliphatic heterocycles. The molecule has 0 amide bonds. The molecular weight excluding hydrogens is 262 g/mol. The number of hydrogen-bond acceptors (Lipinski definition) is 4. The highest BCUT2D eigenvalue weighted by atomic mass is 79.9. The van der Waals surface area contributed by atoms with Crippen molar-refractivity contribution in [1.29, 1.82) is 5.26 Å². The molecule has 0 atom stereocenters. The third kappa shape index (κ3) is 1.67. The summed E-state index contributed by atoms with van der Waals surface area (Å²) >= 11 is 4.40. The van der Waals surface area contributed by atoms with E-state index in [1.165, 1.54) is 0 Å². The lowest BCUT2D eigenvalue weighted by molar-refractivity contribution is 1.39. The summed E-state index contributed by atoms with van der Waals surface area (Å²) in [5.41, 5.74) is 1.96. The fraction of sp³-hybridized carbons (Fsp3) is 0. The van der Waals surface area contributed by atoms with Gasteiger partial charge in [0, 0.05) is 10.0 Å². The first-order valence-corrected chi connectivity index (χ1v) is 5.32. The SMILES string of the molecule is N#Cc1nsnc1-c1ccc(Br)cc1. The first kappa shape index (κ1) is 9.31. The summed E-state index contributed by atoms with van der Waals surface area (Å²) in [6.45, 7) is 0. The minimum atomic E-state index is 0.386. The molecule has 68 valence electrons. The van der Waals surface area contributed by atoms with E-state index in [1.807, 2.05) is 30.3 Å². The Morgan fingerprint density at radius 2 is 1.93 bits per heavy atom. The highest BCUT2D eigenvalue weighted by Crippen LogP contribution is 2.22. The van der Waals surface area contributed by atoms with Crippen LogP contribution in [-0.2, 0) is 0 Å². The van der Waals surface area contributed by atoms with Gasteiger partial charge in [-0.1, -0.05) is 28.1 Å². The summed E-state index contributed by atoms with van der Waals surface area (Å²) < 4.78 is 8.97. The summed E-state index contributed by atoms with van der Waals surface area (Å²) in [7, 11) is 0. The van der Waals surface area contributed by atoms with Crippen LogP contribution < -0.4 is 0 Å². The topological polar surface area (TPSA) is 49.6 Å².